The van der Waals surface area contributed by atoms with Crippen LogP contribution >= 0.6 is 0 Å². The van der Waals surface area contributed by atoms with Crippen LogP contribution in [0.4, 0.5) is 0 Å². The molecule has 1 aromatic rings. The standard InChI is InChI=1S/C21H31BO4/c1-16(24-17(2)23)15-19(14-10-13-18-11-8-7-9-12-18)22-25-20(3,4)21(5,6)26-22/h7-13,16,19H,14-15H2,1-6H3/b13-10+/t16-,19+/m1/s1. The van der Waals surface area contributed by atoms with Crippen molar-refractivity contribution in [1.82, 2.24) is 0 Å². The molecule has 1 fully saturated rings. The summed E-state index contributed by atoms with van der Waals surface area (Å²) in [7, 11) is -0.321. The molecule has 1 aliphatic rings. The number of rotatable bonds is 7. The molecule has 2 rings (SSSR count). The Bertz CT molecular complexity index is 608. The van der Waals surface area contributed by atoms with Crippen LogP contribution in [0.5, 0.6) is 0 Å². The number of carbonyl (C=O) groups is 1. The Morgan fingerprint density at radius 3 is 2.27 bits per heavy atom. The molecule has 0 bridgehead atoms. The summed E-state index contributed by atoms with van der Waals surface area (Å²) in [6, 6.07) is 10.2. The number of esters is 1. The highest BCUT2D eigenvalue weighted by Crippen LogP contribution is 2.42. The third kappa shape index (κ3) is 5.45. The molecule has 0 unspecified atom stereocenters. The minimum atomic E-state index is -0.371. The van der Waals surface area contributed by atoms with E-state index in [1.165, 1.54) is 6.92 Å². The van der Waals surface area contributed by atoms with Gasteiger partial charge in [-0.1, -0.05) is 42.5 Å². The summed E-state index contributed by atoms with van der Waals surface area (Å²) in [5.74, 6) is -0.157. The van der Waals surface area contributed by atoms with Gasteiger partial charge in [0.1, 0.15) is 0 Å². The van der Waals surface area contributed by atoms with E-state index in [0.717, 1.165) is 12.0 Å². The van der Waals surface area contributed by atoms with Crippen molar-refractivity contribution in [3.05, 3.63) is 42.0 Å². The molecule has 1 aliphatic heterocycles. The first-order chi connectivity index (χ1) is 12.1. The smallest absolute Gasteiger partial charge is 0.461 e. The van der Waals surface area contributed by atoms with Crippen LogP contribution in [0.15, 0.2) is 36.4 Å². The fourth-order valence-corrected chi connectivity index (χ4v) is 3.10. The van der Waals surface area contributed by atoms with Crippen molar-refractivity contribution in [2.24, 2.45) is 0 Å². The molecule has 0 radical (unpaired) electrons. The lowest BCUT2D eigenvalue weighted by Gasteiger charge is -2.32. The fourth-order valence-electron chi connectivity index (χ4n) is 3.10. The molecule has 1 saturated heterocycles. The first-order valence-corrected chi connectivity index (χ1v) is 9.35. The lowest BCUT2D eigenvalue weighted by molar-refractivity contribution is -0.145. The lowest BCUT2D eigenvalue weighted by atomic mass is 9.67. The Balaban J connectivity index is 2.09. The van der Waals surface area contributed by atoms with Crippen LogP contribution in [0.1, 0.15) is 59.9 Å². The molecule has 0 aliphatic carbocycles. The SMILES string of the molecule is CC(=O)O[C@H](C)C[C@H](C/C=C/c1ccccc1)B1OC(C)(C)C(C)(C)O1. The van der Waals surface area contributed by atoms with E-state index in [4.69, 9.17) is 14.0 Å². The first-order valence-electron chi connectivity index (χ1n) is 9.35. The monoisotopic (exact) mass is 358 g/mol. The predicted molar refractivity (Wildman–Crippen MR) is 106 cm³/mol. The largest absolute Gasteiger partial charge is 0.463 e. The zero-order chi connectivity index (χ0) is 19.4. The highest BCUT2D eigenvalue weighted by Gasteiger charge is 2.53. The van der Waals surface area contributed by atoms with E-state index in [1.807, 2.05) is 25.1 Å². The van der Waals surface area contributed by atoms with Gasteiger partial charge in [0.25, 0.3) is 0 Å². The third-order valence-corrected chi connectivity index (χ3v) is 5.21. The maximum absolute atomic E-state index is 11.3. The van der Waals surface area contributed by atoms with Crippen molar-refractivity contribution in [1.29, 1.82) is 0 Å². The van der Waals surface area contributed by atoms with Gasteiger partial charge in [-0.25, -0.2) is 0 Å². The molecule has 0 saturated carbocycles. The fraction of sp³-hybridized carbons (Fsp3) is 0.571. The summed E-state index contributed by atoms with van der Waals surface area (Å²) in [6.07, 6.45) is 5.55. The second kappa shape index (κ2) is 8.40. The summed E-state index contributed by atoms with van der Waals surface area (Å²) in [5, 5.41) is 0. The van der Waals surface area contributed by atoms with Crippen LogP contribution in [0.25, 0.3) is 6.08 Å². The van der Waals surface area contributed by atoms with E-state index in [-0.39, 0.29) is 36.2 Å². The Hall–Kier alpha value is -1.59. The van der Waals surface area contributed by atoms with Gasteiger partial charge in [-0.3, -0.25) is 4.79 Å². The molecule has 142 valence electrons. The van der Waals surface area contributed by atoms with Crippen LogP contribution in [0.3, 0.4) is 0 Å². The zero-order valence-electron chi connectivity index (χ0n) is 16.8. The highest BCUT2D eigenvalue weighted by atomic mass is 16.7. The summed E-state index contributed by atoms with van der Waals surface area (Å²) in [4.78, 5) is 11.3. The van der Waals surface area contributed by atoms with Gasteiger partial charge in [-0.15, -0.1) is 0 Å². The van der Waals surface area contributed by atoms with Gasteiger partial charge in [0.05, 0.1) is 17.3 Å². The minimum absolute atomic E-state index is 0.102. The lowest BCUT2D eigenvalue weighted by Crippen LogP contribution is -2.41. The van der Waals surface area contributed by atoms with Crippen LogP contribution in [0, 0.1) is 0 Å². The van der Waals surface area contributed by atoms with E-state index in [0.29, 0.717) is 6.42 Å². The maximum Gasteiger partial charge on any atom is 0.461 e. The van der Waals surface area contributed by atoms with Crippen molar-refractivity contribution in [3.8, 4) is 0 Å². The minimum Gasteiger partial charge on any atom is -0.463 e. The molecule has 0 amide bonds. The number of allylic oxidation sites excluding steroid dienone is 1. The molecule has 26 heavy (non-hydrogen) atoms. The van der Waals surface area contributed by atoms with Gasteiger partial charge in [0, 0.05) is 12.7 Å². The molecular weight excluding hydrogens is 327 g/mol. The predicted octanol–water partition coefficient (Wildman–Crippen LogP) is 4.89. The van der Waals surface area contributed by atoms with Gasteiger partial charge < -0.3 is 14.0 Å². The van der Waals surface area contributed by atoms with E-state index < -0.39 is 0 Å². The van der Waals surface area contributed by atoms with Crippen LogP contribution in [-0.2, 0) is 18.8 Å². The second-order valence-corrected chi connectivity index (χ2v) is 8.09. The quantitative estimate of drug-likeness (QED) is 0.514. The van der Waals surface area contributed by atoms with E-state index in [1.54, 1.807) is 0 Å². The highest BCUT2D eigenvalue weighted by molar-refractivity contribution is 6.47. The molecule has 1 aromatic carbocycles. The van der Waals surface area contributed by atoms with E-state index >= 15 is 0 Å². The number of hydrogen-bond donors (Lipinski definition) is 0. The summed E-state index contributed by atoms with van der Waals surface area (Å²) >= 11 is 0. The first kappa shape index (κ1) is 20.7. The van der Waals surface area contributed by atoms with Crippen molar-refractivity contribution in [2.75, 3.05) is 0 Å². The van der Waals surface area contributed by atoms with E-state index in [2.05, 4.69) is 52.0 Å². The Kier molecular flexibility index (Phi) is 6.70. The van der Waals surface area contributed by atoms with Crippen LogP contribution < -0.4 is 0 Å². The maximum atomic E-state index is 11.3. The van der Waals surface area contributed by atoms with Gasteiger partial charge in [-0.2, -0.15) is 0 Å². The van der Waals surface area contributed by atoms with Crippen LogP contribution in [-0.4, -0.2) is 30.4 Å². The van der Waals surface area contributed by atoms with Crippen molar-refractivity contribution in [2.45, 2.75) is 77.5 Å². The summed E-state index contributed by atoms with van der Waals surface area (Å²) in [6.45, 7) is 11.6. The zero-order valence-corrected chi connectivity index (χ0v) is 16.8. The second-order valence-electron chi connectivity index (χ2n) is 8.09. The molecule has 0 spiro atoms. The average Bonchev–Trinajstić information content (AvgIpc) is 2.74. The van der Waals surface area contributed by atoms with Crippen molar-refractivity contribution < 1.29 is 18.8 Å². The Morgan fingerprint density at radius 1 is 1.15 bits per heavy atom. The molecule has 4 nitrogen and oxygen atoms in total. The molecular formula is C21H31BO4. The molecule has 0 aromatic heterocycles. The number of hydrogen-bond acceptors (Lipinski definition) is 4. The molecule has 0 N–H and O–H groups in total. The Morgan fingerprint density at radius 2 is 1.73 bits per heavy atom. The molecule has 5 heteroatoms. The molecule has 2 atom stereocenters. The number of benzene rings is 1. The van der Waals surface area contributed by atoms with Gasteiger partial charge in [0.15, 0.2) is 0 Å². The summed E-state index contributed by atoms with van der Waals surface area (Å²) < 4.78 is 17.8. The Labute approximate surface area is 158 Å². The van der Waals surface area contributed by atoms with Crippen molar-refractivity contribution in [3.63, 3.8) is 0 Å². The topological polar surface area (TPSA) is 44.8 Å². The normalized spacial score (nSPS) is 20.9. The van der Waals surface area contributed by atoms with Gasteiger partial charge in [-0.05, 0) is 53.0 Å². The molecule has 1 heterocycles. The summed E-state index contributed by atoms with van der Waals surface area (Å²) in [5.41, 5.74) is 0.418. The van der Waals surface area contributed by atoms with Crippen LogP contribution in [0.2, 0.25) is 5.82 Å². The van der Waals surface area contributed by atoms with Gasteiger partial charge >= 0.3 is 13.1 Å². The van der Waals surface area contributed by atoms with Gasteiger partial charge in [0.2, 0.25) is 0 Å². The van der Waals surface area contributed by atoms with Crippen molar-refractivity contribution >= 4 is 19.2 Å². The average molecular weight is 358 g/mol. The third-order valence-electron chi connectivity index (χ3n) is 5.21. The van der Waals surface area contributed by atoms with E-state index in [9.17, 15) is 4.79 Å². The number of ether oxygens (including phenoxy) is 1. The number of carbonyl (C=O) groups excluding carboxylic acids is 1.